The molecule has 4 aliphatic rings. The van der Waals surface area contributed by atoms with Crippen LogP contribution >= 0.6 is 0 Å². The molecule has 1 aromatic carbocycles. The van der Waals surface area contributed by atoms with E-state index in [1.807, 2.05) is 13.0 Å². The summed E-state index contributed by atoms with van der Waals surface area (Å²) in [4.78, 5) is 66.1. The number of halogens is 6. The monoisotopic (exact) mass is 932 g/mol. The van der Waals surface area contributed by atoms with Crippen LogP contribution in [0.2, 0.25) is 0 Å². The molecule has 3 fully saturated rings. The van der Waals surface area contributed by atoms with Crippen LogP contribution in [0, 0.1) is 29.1 Å². The molecule has 3 heterocycles. The number of alkyl halides is 6. The zero-order valence-electron chi connectivity index (χ0n) is 36.4. The smallest absolute Gasteiger partial charge is 0.438 e. The molecule has 14 nitrogen and oxygen atoms in total. The van der Waals surface area contributed by atoms with E-state index < -0.39 is 129 Å². The summed E-state index contributed by atoms with van der Waals surface area (Å²) in [5, 5.41) is 0. The Morgan fingerprint density at radius 1 is 1.03 bits per heavy atom. The van der Waals surface area contributed by atoms with Crippen LogP contribution in [-0.4, -0.2) is 102 Å². The fraction of sp³-hybridized carbons (Fsp3) is 0.674. The number of nitrogens with zero attached hydrogens (tertiary/aromatic N) is 3. The summed E-state index contributed by atoms with van der Waals surface area (Å²) < 4.78 is 135. The maximum atomic E-state index is 15.0. The molecule has 1 N–H and O–H groups in total. The number of nitrogens with one attached hydrogen (secondary N) is 1. The van der Waals surface area contributed by atoms with E-state index in [-0.39, 0.29) is 48.8 Å². The second-order valence-electron chi connectivity index (χ2n) is 18.3. The molecule has 0 spiro atoms. The van der Waals surface area contributed by atoms with Crippen LogP contribution in [0.4, 0.5) is 26.3 Å². The topological polar surface area (TPSA) is 180 Å². The Morgan fingerprint density at radius 3 is 2.36 bits per heavy atom. The zero-order valence-corrected chi connectivity index (χ0v) is 37.3. The van der Waals surface area contributed by atoms with Crippen molar-refractivity contribution < 1.29 is 72.9 Å². The first-order valence-electron chi connectivity index (χ1n) is 21.3. The highest BCUT2D eigenvalue weighted by Crippen LogP contribution is 2.58. The number of rotatable bonds is 12. The van der Waals surface area contributed by atoms with Crippen LogP contribution in [0.1, 0.15) is 98.1 Å². The van der Waals surface area contributed by atoms with E-state index in [0.717, 1.165) is 4.90 Å². The number of sulfonamides is 1. The van der Waals surface area contributed by atoms with Crippen molar-refractivity contribution >= 4 is 44.6 Å². The number of allylic oxidation sites excluding steroid dienone is 2. The third kappa shape index (κ3) is 10.4. The summed E-state index contributed by atoms with van der Waals surface area (Å²) >= 11 is 0. The number of amides is 2. The minimum atomic E-state index is -5.09. The Bertz CT molecular complexity index is 2270. The third-order valence-corrected chi connectivity index (χ3v) is 15.0. The normalized spacial score (nSPS) is 28.3. The molecule has 0 radical (unpaired) electrons. The van der Waals surface area contributed by atoms with E-state index in [2.05, 4.69) is 14.7 Å². The van der Waals surface area contributed by atoms with Crippen molar-refractivity contribution in [1.29, 1.82) is 0 Å². The molecule has 2 saturated carbocycles. The van der Waals surface area contributed by atoms with Crippen molar-refractivity contribution in [3.63, 3.8) is 0 Å². The van der Waals surface area contributed by atoms with Gasteiger partial charge in [0.05, 0.1) is 52.7 Å². The van der Waals surface area contributed by atoms with Gasteiger partial charge in [-0.3, -0.25) is 23.9 Å². The average molecular weight is 933 g/mol. The highest BCUT2D eigenvalue weighted by molar-refractivity contribution is 7.91. The molecule has 1 aromatic heterocycles. The van der Waals surface area contributed by atoms with Gasteiger partial charge in [-0.25, -0.2) is 18.4 Å². The van der Waals surface area contributed by atoms with Gasteiger partial charge in [-0.05, 0) is 96.1 Å². The van der Waals surface area contributed by atoms with E-state index >= 15 is 4.79 Å². The number of benzene rings is 1. The lowest BCUT2D eigenvalue weighted by atomic mass is 9.81. The molecule has 0 unspecified atom stereocenters. The van der Waals surface area contributed by atoms with E-state index in [4.69, 9.17) is 18.9 Å². The Hall–Kier alpha value is -4.53. The lowest BCUT2D eigenvalue weighted by Crippen LogP contribution is -2.49. The summed E-state index contributed by atoms with van der Waals surface area (Å²) in [5.74, 6) is -7.69. The summed E-state index contributed by atoms with van der Waals surface area (Å²) in [6.07, 6.45) is -7.89. The average Bonchev–Trinajstić information content (AvgIpc) is 4.07. The molecule has 64 heavy (non-hydrogen) atoms. The van der Waals surface area contributed by atoms with Crippen LogP contribution in [0.15, 0.2) is 30.4 Å². The summed E-state index contributed by atoms with van der Waals surface area (Å²) in [5.41, 5.74) is -6.18. The standard InChI is InChI=1S/C43H54F6N4O10S/c1-7-61-27-12-13-30-31(17-27)51-36(35(50-30)42(44,45)46)62-28-18-32-33(54)21-41(38(57)52-64(58,59)40(5)14-15-40)20-26(41)11-9-8-10-24(2)16-25(23-60-6)29(37(56)53(32)22-28)19-34(55)63-39(3,4)43(47,48)49/h9,11-13,17,24-26,28-29,32H,7-8,10,14-16,18-23H2,1-6H3,(H,52,57)/b11-9-/t24-,25+,26-,28-,29+,32+,41-/m1/s1. The van der Waals surface area contributed by atoms with Gasteiger partial charge in [0.1, 0.15) is 11.9 Å². The van der Waals surface area contributed by atoms with E-state index in [0.29, 0.717) is 39.5 Å². The lowest BCUT2D eigenvalue weighted by Gasteiger charge is -2.34. The van der Waals surface area contributed by atoms with Crippen molar-refractivity contribution in [2.24, 2.45) is 29.1 Å². The van der Waals surface area contributed by atoms with E-state index in [1.165, 1.54) is 32.2 Å². The number of carbonyl (C=O) groups excluding carboxylic acids is 4. The lowest BCUT2D eigenvalue weighted by molar-refractivity contribution is -0.257. The van der Waals surface area contributed by atoms with Gasteiger partial charge in [0, 0.05) is 32.6 Å². The largest absolute Gasteiger partial charge is 0.494 e. The van der Waals surface area contributed by atoms with Crippen LogP contribution in [-0.2, 0) is 44.9 Å². The molecule has 2 aromatic rings. The molecule has 2 aliphatic carbocycles. The van der Waals surface area contributed by atoms with Crippen LogP contribution in [0.25, 0.3) is 11.0 Å². The number of hydrogen-bond donors (Lipinski definition) is 1. The van der Waals surface area contributed by atoms with Crippen molar-refractivity contribution in [2.75, 3.05) is 26.9 Å². The van der Waals surface area contributed by atoms with Crippen molar-refractivity contribution in [2.45, 2.75) is 127 Å². The Balaban J connectivity index is 1.42. The SMILES string of the molecule is CCOc1ccc2nc(C(F)(F)F)c(O[C@@H]3C[C@H]4C(=O)C[C@]5(C(=O)NS(=O)(=O)C6(C)CC6)C[C@H]5/C=C\CC[C@@H](C)C[C@@H](COC)[C@H](CC(=O)OC(C)(C)C(F)(F)F)C(=O)N4C3)nc2c1. The first-order chi connectivity index (χ1) is 29.7. The predicted octanol–water partition coefficient (Wildman–Crippen LogP) is 6.89. The maximum absolute atomic E-state index is 15.0. The number of fused-ring (bicyclic) bond motifs is 3. The van der Waals surface area contributed by atoms with Gasteiger partial charge in [-0.15, -0.1) is 0 Å². The summed E-state index contributed by atoms with van der Waals surface area (Å²) in [6, 6.07) is 2.55. The zero-order chi connectivity index (χ0) is 47.2. The van der Waals surface area contributed by atoms with Gasteiger partial charge in [0.2, 0.25) is 39.0 Å². The van der Waals surface area contributed by atoms with Crippen LogP contribution in [0.3, 0.4) is 0 Å². The maximum Gasteiger partial charge on any atom is 0.438 e. The van der Waals surface area contributed by atoms with Crippen molar-refractivity contribution in [3.8, 4) is 11.6 Å². The summed E-state index contributed by atoms with van der Waals surface area (Å²) in [7, 11) is -2.82. The number of hydrogen-bond acceptors (Lipinski definition) is 12. The minimum absolute atomic E-state index is 0.0263. The quantitative estimate of drug-likeness (QED) is 0.133. The predicted molar refractivity (Wildman–Crippen MR) is 217 cm³/mol. The molecule has 21 heteroatoms. The fourth-order valence-corrected chi connectivity index (χ4v) is 9.89. The number of Topliss-reactive ketones (excluding diaryl/α,β-unsaturated/α-hetero) is 1. The Kier molecular flexibility index (Phi) is 13.8. The Labute approximate surface area is 367 Å². The Morgan fingerprint density at radius 2 is 1.73 bits per heavy atom. The molecule has 6 rings (SSSR count). The van der Waals surface area contributed by atoms with Gasteiger partial charge in [0.15, 0.2) is 5.78 Å². The molecule has 7 atom stereocenters. The van der Waals surface area contributed by atoms with E-state index in [1.54, 1.807) is 13.0 Å². The molecule has 354 valence electrons. The van der Waals surface area contributed by atoms with Gasteiger partial charge in [-0.1, -0.05) is 19.1 Å². The number of ether oxygens (including phenoxy) is 4. The number of methoxy groups -OCH3 is 1. The van der Waals surface area contributed by atoms with Crippen molar-refractivity contribution in [1.82, 2.24) is 19.6 Å². The van der Waals surface area contributed by atoms with Crippen LogP contribution in [0.5, 0.6) is 11.6 Å². The van der Waals surface area contributed by atoms with Gasteiger partial charge < -0.3 is 23.8 Å². The highest BCUT2D eigenvalue weighted by atomic mass is 32.2. The number of ketones is 1. The molecular weight excluding hydrogens is 879 g/mol. The van der Waals surface area contributed by atoms with Gasteiger partial charge in [0.25, 0.3) is 0 Å². The number of esters is 1. The van der Waals surface area contributed by atoms with Gasteiger partial charge >= 0.3 is 18.3 Å². The fourth-order valence-electron chi connectivity index (χ4n) is 8.55. The molecule has 2 amide bonds. The first kappa shape index (κ1) is 48.9. The number of carbonyl (C=O) groups is 4. The minimum Gasteiger partial charge on any atom is -0.494 e. The van der Waals surface area contributed by atoms with Gasteiger partial charge in [-0.2, -0.15) is 26.3 Å². The molecule has 1 saturated heterocycles. The van der Waals surface area contributed by atoms with Crippen LogP contribution < -0.4 is 14.2 Å². The van der Waals surface area contributed by atoms with Crippen molar-refractivity contribution in [3.05, 3.63) is 36.0 Å². The number of aromatic nitrogens is 2. The third-order valence-electron chi connectivity index (χ3n) is 12.9. The highest BCUT2D eigenvalue weighted by Gasteiger charge is 2.63. The molecule has 0 bridgehead atoms. The molecular formula is C43H54F6N4O10S. The molecule has 2 aliphatic heterocycles. The summed E-state index contributed by atoms with van der Waals surface area (Å²) in [6.45, 7) is 5.89. The second kappa shape index (κ2) is 18.0. The second-order valence-corrected chi connectivity index (χ2v) is 20.5. The first-order valence-corrected chi connectivity index (χ1v) is 22.7. The van der Waals surface area contributed by atoms with E-state index in [9.17, 15) is 49.1 Å².